The average molecular weight is 336 g/mol. The molecule has 0 spiro atoms. The zero-order chi connectivity index (χ0) is 17.6. The Morgan fingerprint density at radius 3 is 2.96 bits per heavy atom. The van der Waals surface area contributed by atoms with E-state index in [0.29, 0.717) is 19.2 Å². The molecule has 7 heteroatoms. The third-order valence-corrected chi connectivity index (χ3v) is 3.61. The van der Waals surface area contributed by atoms with Crippen molar-refractivity contribution in [2.45, 2.75) is 46.1 Å². The van der Waals surface area contributed by atoms with Crippen LogP contribution in [0.5, 0.6) is 6.01 Å². The Balaban J connectivity index is 1.84. The average Bonchev–Trinajstić information content (AvgIpc) is 2.52. The number of aromatic nitrogens is 2. The molecule has 1 N–H and O–H groups in total. The van der Waals surface area contributed by atoms with Gasteiger partial charge in [-0.2, -0.15) is 4.98 Å². The van der Waals surface area contributed by atoms with Gasteiger partial charge in [0.2, 0.25) is 0 Å². The molecule has 0 bridgehead atoms. The molecule has 0 saturated carbocycles. The second kappa shape index (κ2) is 8.17. The molecule has 1 aliphatic rings. The predicted octanol–water partition coefficient (Wildman–Crippen LogP) is 2.93. The normalized spacial score (nSPS) is 18.2. The van der Waals surface area contributed by atoms with Crippen molar-refractivity contribution in [3.8, 4) is 6.01 Å². The van der Waals surface area contributed by atoms with Gasteiger partial charge in [0.1, 0.15) is 11.4 Å². The van der Waals surface area contributed by atoms with E-state index in [9.17, 15) is 4.79 Å². The van der Waals surface area contributed by atoms with Gasteiger partial charge in [-0.1, -0.05) is 0 Å². The molecule has 0 unspecified atom stereocenters. The van der Waals surface area contributed by atoms with Gasteiger partial charge in [-0.3, -0.25) is 0 Å². The Hall–Kier alpha value is -2.05. The van der Waals surface area contributed by atoms with E-state index in [1.807, 2.05) is 27.7 Å². The van der Waals surface area contributed by atoms with E-state index in [2.05, 4.69) is 15.3 Å². The van der Waals surface area contributed by atoms with Crippen LogP contribution in [0.25, 0.3) is 0 Å². The predicted molar refractivity (Wildman–Crippen MR) is 92.2 cm³/mol. The largest absolute Gasteiger partial charge is 0.463 e. The van der Waals surface area contributed by atoms with Crippen molar-refractivity contribution >= 4 is 11.9 Å². The first kappa shape index (κ1) is 18.3. The number of rotatable bonds is 5. The molecule has 24 heavy (non-hydrogen) atoms. The van der Waals surface area contributed by atoms with Crippen molar-refractivity contribution in [1.82, 2.24) is 14.9 Å². The lowest BCUT2D eigenvalue weighted by Gasteiger charge is -2.33. The minimum absolute atomic E-state index is 0.252. The highest BCUT2D eigenvalue weighted by Gasteiger charge is 2.28. The van der Waals surface area contributed by atoms with Crippen molar-refractivity contribution in [2.75, 3.05) is 31.6 Å². The molecule has 134 valence electrons. The molecule has 0 aromatic carbocycles. The van der Waals surface area contributed by atoms with Gasteiger partial charge < -0.3 is 19.7 Å². The molecule has 1 aliphatic heterocycles. The van der Waals surface area contributed by atoms with Crippen molar-refractivity contribution in [3.63, 3.8) is 0 Å². The molecule has 1 aromatic rings. The Labute approximate surface area is 143 Å². The summed E-state index contributed by atoms with van der Waals surface area (Å²) in [5.74, 6) is 1.01. The van der Waals surface area contributed by atoms with E-state index in [1.165, 1.54) is 0 Å². The molecule has 0 aliphatic carbocycles. The van der Waals surface area contributed by atoms with Crippen molar-refractivity contribution in [1.29, 1.82) is 0 Å². The van der Waals surface area contributed by atoms with E-state index in [0.717, 1.165) is 31.7 Å². The third kappa shape index (κ3) is 5.86. The summed E-state index contributed by atoms with van der Waals surface area (Å²) in [7, 11) is 0. The van der Waals surface area contributed by atoms with E-state index in [-0.39, 0.29) is 12.0 Å². The van der Waals surface area contributed by atoms with Crippen LogP contribution in [-0.2, 0) is 4.74 Å². The van der Waals surface area contributed by atoms with Gasteiger partial charge in [-0.25, -0.2) is 9.78 Å². The number of hydrogen-bond donors (Lipinski definition) is 1. The summed E-state index contributed by atoms with van der Waals surface area (Å²) in [4.78, 5) is 22.4. The third-order valence-electron chi connectivity index (χ3n) is 3.61. The highest BCUT2D eigenvalue weighted by atomic mass is 16.6. The molecule has 2 heterocycles. The van der Waals surface area contributed by atoms with Gasteiger partial charge >= 0.3 is 12.1 Å². The maximum atomic E-state index is 12.2. The van der Waals surface area contributed by atoms with Crippen LogP contribution in [0.15, 0.2) is 12.3 Å². The highest BCUT2D eigenvalue weighted by molar-refractivity contribution is 5.68. The number of ether oxygens (including phenoxy) is 2. The SMILES string of the molecule is CCNc1ccnc(OC[C@@H]2CCCN(C(=O)OC(C)(C)C)C2)n1. The minimum atomic E-state index is -0.471. The van der Waals surface area contributed by atoms with Crippen LogP contribution in [0.1, 0.15) is 40.5 Å². The van der Waals surface area contributed by atoms with Crippen LogP contribution in [0.2, 0.25) is 0 Å². The lowest BCUT2D eigenvalue weighted by molar-refractivity contribution is 0.0137. The van der Waals surface area contributed by atoms with Gasteiger partial charge in [0, 0.05) is 31.7 Å². The number of amides is 1. The number of piperidine rings is 1. The molecule has 0 radical (unpaired) electrons. The second-order valence-electron chi connectivity index (χ2n) is 7.00. The number of carbonyl (C=O) groups is 1. The van der Waals surface area contributed by atoms with Crippen LogP contribution < -0.4 is 10.1 Å². The lowest BCUT2D eigenvalue weighted by atomic mass is 9.99. The molecular weight excluding hydrogens is 308 g/mol. The molecule has 1 saturated heterocycles. The Bertz CT molecular complexity index is 545. The highest BCUT2D eigenvalue weighted by Crippen LogP contribution is 2.20. The van der Waals surface area contributed by atoms with Crippen LogP contribution in [-0.4, -0.2) is 52.8 Å². The van der Waals surface area contributed by atoms with Gasteiger partial charge in [0.05, 0.1) is 6.61 Å². The molecule has 1 amide bonds. The topological polar surface area (TPSA) is 76.6 Å². The van der Waals surface area contributed by atoms with Gasteiger partial charge in [-0.15, -0.1) is 0 Å². The maximum Gasteiger partial charge on any atom is 0.410 e. The molecule has 1 atom stereocenters. The summed E-state index contributed by atoms with van der Waals surface area (Å²) in [5, 5.41) is 3.13. The standard InChI is InChI=1S/C17H28N4O3/c1-5-18-14-8-9-19-15(20-14)23-12-13-7-6-10-21(11-13)16(22)24-17(2,3)4/h8-9,13H,5-7,10-12H2,1-4H3,(H,18,19,20)/t13-/m1/s1. The first-order valence-corrected chi connectivity index (χ1v) is 8.55. The smallest absolute Gasteiger partial charge is 0.410 e. The van der Waals surface area contributed by atoms with Crippen molar-refractivity contribution in [2.24, 2.45) is 5.92 Å². The molecule has 1 fully saturated rings. The Kier molecular flexibility index (Phi) is 6.23. The van der Waals surface area contributed by atoms with E-state index >= 15 is 0 Å². The summed E-state index contributed by atoms with van der Waals surface area (Å²) < 4.78 is 11.2. The van der Waals surface area contributed by atoms with Crippen molar-refractivity contribution < 1.29 is 14.3 Å². The number of nitrogens with one attached hydrogen (secondary N) is 1. The molecule has 2 rings (SSSR count). The lowest BCUT2D eigenvalue weighted by Crippen LogP contribution is -2.44. The van der Waals surface area contributed by atoms with Gasteiger partial charge in [-0.05, 0) is 46.6 Å². The number of anilines is 1. The first-order chi connectivity index (χ1) is 11.4. The summed E-state index contributed by atoms with van der Waals surface area (Å²) in [6.45, 7) is 10.3. The maximum absolute atomic E-state index is 12.2. The van der Waals surface area contributed by atoms with Crippen LogP contribution in [0.3, 0.4) is 0 Å². The van der Waals surface area contributed by atoms with Crippen LogP contribution >= 0.6 is 0 Å². The summed E-state index contributed by atoms with van der Waals surface area (Å²) in [6.07, 6.45) is 3.39. The number of likely N-dealkylation sites (tertiary alicyclic amines) is 1. The zero-order valence-electron chi connectivity index (χ0n) is 15.0. The minimum Gasteiger partial charge on any atom is -0.463 e. The van der Waals surface area contributed by atoms with Gasteiger partial charge in [0.15, 0.2) is 0 Å². The Morgan fingerprint density at radius 1 is 1.46 bits per heavy atom. The second-order valence-corrected chi connectivity index (χ2v) is 7.00. The quantitative estimate of drug-likeness (QED) is 0.891. The fourth-order valence-electron chi connectivity index (χ4n) is 2.58. The van der Waals surface area contributed by atoms with E-state index < -0.39 is 5.60 Å². The Morgan fingerprint density at radius 2 is 2.25 bits per heavy atom. The summed E-state index contributed by atoms with van der Waals surface area (Å²) in [5.41, 5.74) is -0.471. The fourth-order valence-corrected chi connectivity index (χ4v) is 2.58. The van der Waals surface area contributed by atoms with E-state index in [1.54, 1.807) is 17.2 Å². The first-order valence-electron chi connectivity index (χ1n) is 8.55. The molecule has 1 aromatic heterocycles. The molecule has 7 nitrogen and oxygen atoms in total. The van der Waals surface area contributed by atoms with E-state index in [4.69, 9.17) is 9.47 Å². The van der Waals surface area contributed by atoms with Crippen LogP contribution in [0.4, 0.5) is 10.6 Å². The number of nitrogens with zero attached hydrogens (tertiary/aromatic N) is 3. The number of carbonyl (C=O) groups excluding carboxylic acids is 1. The zero-order valence-corrected chi connectivity index (χ0v) is 15.0. The van der Waals surface area contributed by atoms with Crippen molar-refractivity contribution in [3.05, 3.63) is 12.3 Å². The van der Waals surface area contributed by atoms with Crippen LogP contribution in [0, 0.1) is 5.92 Å². The fraction of sp³-hybridized carbons (Fsp3) is 0.706. The molecular formula is C17H28N4O3. The summed E-state index contributed by atoms with van der Waals surface area (Å²) in [6, 6.07) is 2.17. The van der Waals surface area contributed by atoms with Gasteiger partial charge in [0.25, 0.3) is 0 Å². The summed E-state index contributed by atoms with van der Waals surface area (Å²) >= 11 is 0. The monoisotopic (exact) mass is 336 g/mol. The number of hydrogen-bond acceptors (Lipinski definition) is 6.